The number of piperidine rings is 1. The molecule has 0 radical (unpaired) electrons. The summed E-state index contributed by atoms with van der Waals surface area (Å²) in [7, 11) is -3.43. The number of aryl methyl sites for hydroxylation is 1. The van der Waals surface area contributed by atoms with Crippen LogP contribution in [0.4, 0.5) is 0 Å². The van der Waals surface area contributed by atoms with E-state index in [4.69, 9.17) is 0 Å². The molecule has 1 saturated heterocycles. The van der Waals surface area contributed by atoms with Gasteiger partial charge in [0.1, 0.15) is 5.82 Å². The maximum atomic E-state index is 12.7. The summed E-state index contributed by atoms with van der Waals surface area (Å²) in [4.78, 5) is 6.88. The van der Waals surface area contributed by atoms with Gasteiger partial charge in [-0.15, -0.1) is 0 Å². The van der Waals surface area contributed by atoms with Crippen LogP contribution >= 0.6 is 0 Å². The summed E-state index contributed by atoms with van der Waals surface area (Å²) in [5.41, 5.74) is 0. The molecule has 0 spiro atoms. The number of hydrogen-bond acceptors (Lipinski definition) is 4. The maximum absolute atomic E-state index is 12.7. The van der Waals surface area contributed by atoms with Crippen LogP contribution in [0.15, 0.2) is 11.2 Å². The molecule has 2 N–H and O–H groups in total. The third-order valence-electron chi connectivity index (χ3n) is 4.06. The van der Waals surface area contributed by atoms with Crippen molar-refractivity contribution in [1.82, 2.24) is 19.6 Å². The number of nitrogens with one attached hydrogen (secondary N) is 2. The zero-order valence-corrected chi connectivity index (χ0v) is 12.6. The van der Waals surface area contributed by atoms with Gasteiger partial charge in [0.05, 0.1) is 6.20 Å². The highest BCUT2D eigenvalue weighted by atomic mass is 32.2. The number of sulfonamides is 1. The fourth-order valence-electron chi connectivity index (χ4n) is 2.80. The van der Waals surface area contributed by atoms with Gasteiger partial charge in [0.25, 0.3) is 10.0 Å². The first-order chi connectivity index (χ1) is 9.57. The fraction of sp³-hybridized carbons (Fsp3) is 0.769. The van der Waals surface area contributed by atoms with Crippen LogP contribution in [0, 0.1) is 12.8 Å². The largest absolute Gasteiger partial charge is 0.332 e. The van der Waals surface area contributed by atoms with Crippen molar-refractivity contribution < 1.29 is 8.42 Å². The minimum atomic E-state index is -3.43. The van der Waals surface area contributed by atoms with Crippen LogP contribution in [0.3, 0.4) is 0 Å². The second-order valence-corrected chi connectivity index (χ2v) is 7.71. The lowest BCUT2D eigenvalue weighted by atomic mass is 10.00. The van der Waals surface area contributed by atoms with E-state index in [0.717, 1.165) is 38.8 Å². The first-order valence-corrected chi connectivity index (χ1v) is 8.75. The van der Waals surface area contributed by atoms with E-state index in [-0.39, 0.29) is 11.1 Å². The predicted molar refractivity (Wildman–Crippen MR) is 75.8 cm³/mol. The summed E-state index contributed by atoms with van der Waals surface area (Å²) in [6, 6.07) is 0.186. The second-order valence-electron chi connectivity index (χ2n) is 5.85. The Labute approximate surface area is 120 Å². The van der Waals surface area contributed by atoms with E-state index < -0.39 is 10.0 Å². The number of aromatic nitrogens is 2. The van der Waals surface area contributed by atoms with Crippen molar-refractivity contribution in [2.45, 2.75) is 43.7 Å². The molecule has 2 fully saturated rings. The van der Waals surface area contributed by atoms with Gasteiger partial charge in [0.2, 0.25) is 0 Å². The number of hydrogen-bond donors (Lipinski definition) is 2. The molecule has 1 aliphatic carbocycles. The quantitative estimate of drug-likeness (QED) is 0.845. The number of H-pyrrole nitrogens is 1. The Balaban J connectivity index is 1.79. The van der Waals surface area contributed by atoms with E-state index in [2.05, 4.69) is 15.3 Å². The average molecular weight is 298 g/mol. The topological polar surface area (TPSA) is 78.1 Å². The highest BCUT2D eigenvalue weighted by Crippen LogP contribution is 2.33. The lowest BCUT2D eigenvalue weighted by Crippen LogP contribution is -2.42. The van der Waals surface area contributed by atoms with E-state index in [1.165, 1.54) is 6.20 Å². The molecule has 3 rings (SSSR count). The Morgan fingerprint density at radius 3 is 2.75 bits per heavy atom. The molecule has 1 aliphatic heterocycles. The highest BCUT2D eigenvalue weighted by Gasteiger charge is 2.40. The molecule has 1 aromatic heterocycles. The third kappa shape index (κ3) is 2.89. The van der Waals surface area contributed by atoms with Crippen molar-refractivity contribution in [2.75, 3.05) is 19.6 Å². The van der Waals surface area contributed by atoms with Crippen molar-refractivity contribution in [3.05, 3.63) is 12.0 Å². The lowest BCUT2D eigenvalue weighted by molar-refractivity contribution is 0.286. The van der Waals surface area contributed by atoms with E-state index >= 15 is 0 Å². The molecule has 0 bridgehead atoms. The van der Waals surface area contributed by atoms with Gasteiger partial charge in [0, 0.05) is 12.6 Å². The Morgan fingerprint density at radius 2 is 2.20 bits per heavy atom. The van der Waals surface area contributed by atoms with Gasteiger partial charge in [-0.25, -0.2) is 13.4 Å². The minimum absolute atomic E-state index is 0.186. The Morgan fingerprint density at radius 1 is 1.40 bits per heavy atom. The Hall–Kier alpha value is -0.920. The van der Waals surface area contributed by atoms with Crippen molar-refractivity contribution >= 4 is 10.0 Å². The number of nitrogens with zero attached hydrogens (tertiary/aromatic N) is 2. The monoisotopic (exact) mass is 298 g/mol. The molecule has 20 heavy (non-hydrogen) atoms. The fourth-order valence-corrected chi connectivity index (χ4v) is 4.52. The molecular formula is C13H22N4O2S. The van der Waals surface area contributed by atoms with Crippen molar-refractivity contribution in [1.29, 1.82) is 0 Å². The zero-order chi connectivity index (χ0) is 14.2. The van der Waals surface area contributed by atoms with Crippen LogP contribution in [0.2, 0.25) is 0 Å². The summed E-state index contributed by atoms with van der Waals surface area (Å²) in [5, 5.41) is 3.58. The van der Waals surface area contributed by atoms with Gasteiger partial charge in [-0.2, -0.15) is 4.31 Å². The van der Waals surface area contributed by atoms with Crippen molar-refractivity contribution in [3.63, 3.8) is 0 Å². The van der Waals surface area contributed by atoms with Crippen LogP contribution in [0.1, 0.15) is 31.5 Å². The molecule has 2 heterocycles. The van der Waals surface area contributed by atoms with Gasteiger partial charge < -0.3 is 10.3 Å². The molecule has 0 amide bonds. The molecule has 0 aromatic carbocycles. The predicted octanol–water partition coefficient (Wildman–Crippen LogP) is 0.871. The van der Waals surface area contributed by atoms with Gasteiger partial charge in [-0.3, -0.25) is 0 Å². The maximum Gasteiger partial charge on any atom is 0.260 e. The summed E-state index contributed by atoms with van der Waals surface area (Å²) >= 11 is 0. The first-order valence-electron chi connectivity index (χ1n) is 7.31. The van der Waals surface area contributed by atoms with Crippen LogP contribution in [0.25, 0.3) is 0 Å². The highest BCUT2D eigenvalue weighted by molar-refractivity contribution is 7.89. The number of aromatic amines is 1. The smallest absolute Gasteiger partial charge is 0.260 e. The minimum Gasteiger partial charge on any atom is -0.332 e. The summed E-state index contributed by atoms with van der Waals surface area (Å²) < 4.78 is 27.2. The van der Waals surface area contributed by atoms with E-state index in [1.54, 1.807) is 11.2 Å². The normalized spacial score (nSPS) is 24.2. The Bertz CT molecular complexity index is 559. The van der Waals surface area contributed by atoms with E-state index in [1.807, 2.05) is 0 Å². The van der Waals surface area contributed by atoms with Crippen molar-refractivity contribution in [3.8, 4) is 0 Å². The molecule has 1 unspecified atom stereocenters. The second kappa shape index (κ2) is 5.46. The van der Waals surface area contributed by atoms with Gasteiger partial charge in [0.15, 0.2) is 5.03 Å². The molecule has 112 valence electrons. The molecule has 1 saturated carbocycles. The summed E-state index contributed by atoms with van der Waals surface area (Å²) in [5.74, 6) is 1.06. The SMILES string of the molecule is Cc1ncc(S(=O)(=O)N(CC2CCCNC2)C2CC2)[nH]1. The standard InChI is InChI=1S/C13H22N4O2S/c1-10-15-8-13(16-10)20(18,19)17(12-4-5-12)9-11-3-2-6-14-7-11/h8,11-12,14H,2-7,9H2,1H3,(H,15,16). The molecule has 7 heteroatoms. The van der Waals surface area contributed by atoms with E-state index in [0.29, 0.717) is 18.3 Å². The molecule has 6 nitrogen and oxygen atoms in total. The first kappa shape index (κ1) is 14.0. The number of rotatable bonds is 5. The molecule has 1 atom stereocenters. The third-order valence-corrected chi connectivity index (χ3v) is 5.89. The average Bonchev–Trinajstić information content (AvgIpc) is 3.17. The molecule has 1 aromatic rings. The van der Waals surface area contributed by atoms with Crippen LogP contribution in [-0.4, -0.2) is 48.4 Å². The number of imidazole rings is 1. The van der Waals surface area contributed by atoms with Crippen LogP contribution in [0.5, 0.6) is 0 Å². The van der Waals surface area contributed by atoms with Gasteiger partial charge >= 0.3 is 0 Å². The molecule has 2 aliphatic rings. The zero-order valence-electron chi connectivity index (χ0n) is 11.8. The van der Waals surface area contributed by atoms with Gasteiger partial charge in [-0.1, -0.05) is 0 Å². The van der Waals surface area contributed by atoms with Crippen LogP contribution < -0.4 is 5.32 Å². The van der Waals surface area contributed by atoms with Gasteiger partial charge in [-0.05, 0) is 51.6 Å². The summed E-state index contributed by atoms with van der Waals surface area (Å²) in [6.45, 7) is 4.36. The van der Waals surface area contributed by atoms with Crippen molar-refractivity contribution in [2.24, 2.45) is 5.92 Å². The van der Waals surface area contributed by atoms with E-state index in [9.17, 15) is 8.42 Å². The summed E-state index contributed by atoms with van der Waals surface area (Å²) in [6.07, 6.45) is 5.62. The molecular weight excluding hydrogens is 276 g/mol. The van der Waals surface area contributed by atoms with Crippen LogP contribution in [-0.2, 0) is 10.0 Å². The Kier molecular flexibility index (Phi) is 3.83. The lowest BCUT2D eigenvalue weighted by Gasteiger charge is -2.29.